The average molecular weight is 405 g/mol. The molecule has 0 aliphatic heterocycles. The molecule has 0 spiro atoms. The summed E-state index contributed by atoms with van der Waals surface area (Å²) < 4.78 is 6.16. The molecule has 0 saturated carbocycles. The molecule has 3 aromatic rings. The second kappa shape index (κ2) is 9.65. The van der Waals surface area contributed by atoms with Gasteiger partial charge >= 0.3 is 5.97 Å². The number of hydrogen-bond donors (Lipinski definition) is 1. The Hall–Kier alpha value is -3.74. The van der Waals surface area contributed by atoms with Gasteiger partial charge in [0.25, 0.3) is 5.56 Å². The summed E-state index contributed by atoms with van der Waals surface area (Å²) >= 11 is 0. The van der Waals surface area contributed by atoms with E-state index in [1.807, 2.05) is 37.3 Å². The fourth-order valence-electron chi connectivity index (χ4n) is 3.01. The van der Waals surface area contributed by atoms with Crippen molar-refractivity contribution in [3.05, 3.63) is 82.6 Å². The highest BCUT2D eigenvalue weighted by Crippen LogP contribution is 2.18. The number of aromatic nitrogens is 2. The second-order valence-electron chi connectivity index (χ2n) is 6.58. The molecule has 1 unspecified atom stereocenters. The van der Waals surface area contributed by atoms with E-state index < -0.39 is 12.0 Å². The molecule has 0 saturated heterocycles. The van der Waals surface area contributed by atoms with E-state index in [1.54, 1.807) is 37.3 Å². The topological polar surface area (TPSA) is 90.3 Å². The predicted molar refractivity (Wildman–Crippen MR) is 114 cm³/mol. The molecule has 1 N–H and O–H groups in total. The zero-order valence-electron chi connectivity index (χ0n) is 16.9. The van der Waals surface area contributed by atoms with E-state index in [4.69, 9.17) is 4.74 Å². The molecule has 0 fully saturated rings. The van der Waals surface area contributed by atoms with E-state index in [9.17, 15) is 14.4 Å². The molecule has 154 valence electrons. The van der Waals surface area contributed by atoms with Gasteiger partial charge in [-0.15, -0.1) is 0 Å². The number of hydrogen-bond acceptors (Lipinski definition) is 5. The SMILES string of the molecule is CCOC(=O)c1ccc(NC(=O)C(CC)n2nc(-c3ccccc3)ccc2=O)cc1. The summed E-state index contributed by atoms with van der Waals surface area (Å²) in [5.41, 5.74) is 2.03. The van der Waals surface area contributed by atoms with Crippen molar-refractivity contribution in [3.8, 4) is 11.3 Å². The number of anilines is 1. The smallest absolute Gasteiger partial charge is 0.338 e. The van der Waals surface area contributed by atoms with Crippen LogP contribution in [0.3, 0.4) is 0 Å². The third-order valence-electron chi connectivity index (χ3n) is 4.54. The van der Waals surface area contributed by atoms with E-state index >= 15 is 0 Å². The van der Waals surface area contributed by atoms with Crippen LogP contribution in [0.2, 0.25) is 0 Å². The van der Waals surface area contributed by atoms with E-state index in [-0.39, 0.29) is 11.5 Å². The third kappa shape index (κ3) is 4.81. The fourth-order valence-corrected chi connectivity index (χ4v) is 3.01. The van der Waals surface area contributed by atoms with Crippen LogP contribution < -0.4 is 10.9 Å². The number of nitrogens with one attached hydrogen (secondary N) is 1. The molecule has 0 radical (unpaired) electrons. The van der Waals surface area contributed by atoms with Crippen molar-refractivity contribution in [3.63, 3.8) is 0 Å². The van der Waals surface area contributed by atoms with Gasteiger partial charge < -0.3 is 10.1 Å². The van der Waals surface area contributed by atoms with Gasteiger partial charge in [-0.05, 0) is 43.7 Å². The number of nitrogens with zero attached hydrogens (tertiary/aromatic N) is 2. The van der Waals surface area contributed by atoms with Gasteiger partial charge in [-0.3, -0.25) is 9.59 Å². The van der Waals surface area contributed by atoms with E-state index in [2.05, 4.69) is 10.4 Å². The lowest BCUT2D eigenvalue weighted by molar-refractivity contribution is -0.119. The van der Waals surface area contributed by atoms with Gasteiger partial charge in [-0.1, -0.05) is 37.3 Å². The van der Waals surface area contributed by atoms with Crippen LogP contribution in [0.15, 0.2) is 71.5 Å². The molecular weight excluding hydrogens is 382 g/mol. The van der Waals surface area contributed by atoms with Gasteiger partial charge in [-0.2, -0.15) is 5.10 Å². The van der Waals surface area contributed by atoms with Crippen LogP contribution in [0.4, 0.5) is 5.69 Å². The molecule has 1 amide bonds. The molecule has 1 atom stereocenters. The van der Waals surface area contributed by atoms with Crippen LogP contribution >= 0.6 is 0 Å². The van der Waals surface area contributed by atoms with Crippen LogP contribution in [0.25, 0.3) is 11.3 Å². The first kappa shape index (κ1) is 21.0. The summed E-state index contributed by atoms with van der Waals surface area (Å²) in [6.45, 7) is 3.84. The number of ether oxygens (including phenoxy) is 1. The Morgan fingerprint density at radius 2 is 1.70 bits per heavy atom. The Morgan fingerprint density at radius 1 is 1.00 bits per heavy atom. The number of carbonyl (C=O) groups excluding carboxylic acids is 2. The Labute approximate surface area is 174 Å². The molecule has 0 aliphatic rings. The minimum absolute atomic E-state index is 0.291. The first-order chi connectivity index (χ1) is 14.5. The molecular formula is C23H23N3O4. The zero-order valence-corrected chi connectivity index (χ0v) is 16.9. The minimum Gasteiger partial charge on any atom is -0.462 e. The third-order valence-corrected chi connectivity index (χ3v) is 4.54. The highest BCUT2D eigenvalue weighted by molar-refractivity contribution is 5.95. The Balaban J connectivity index is 1.81. The molecule has 1 heterocycles. The molecule has 1 aromatic heterocycles. The van der Waals surface area contributed by atoms with E-state index in [0.29, 0.717) is 30.0 Å². The number of amides is 1. The number of esters is 1. The molecule has 0 bridgehead atoms. The van der Waals surface area contributed by atoms with Gasteiger partial charge in [0.15, 0.2) is 0 Å². The fraction of sp³-hybridized carbons (Fsp3) is 0.217. The number of rotatable bonds is 7. The van der Waals surface area contributed by atoms with Crippen LogP contribution in [0.5, 0.6) is 0 Å². The van der Waals surface area contributed by atoms with Crippen LogP contribution in [-0.2, 0) is 9.53 Å². The van der Waals surface area contributed by atoms with Gasteiger partial charge in [0, 0.05) is 17.3 Å². The molecule has 7 heteroatoms. The second-order valence-corrected chi connectivity index (χ2v) is 6.58. The van der Waals surface area contributed by atoms with Crippen molar-refractivity contribution in [1.29, 1.82) is 0 Å². The van der Waals surface area contributed by atoms with Gasteiger partial charge in [0.05, 0.1) is 17.9 Å². The van der Waals surface area contributed by atoms with E-state index in [1.165, 1.54) is 10.7 Å². The molecule has 2 aromatic carbocycles. The van der Waals surface area contributed by atoms with Crippen molar-refractivity contribution >= 4 is 17.6 Å². The summed E-state index contributed by atoms with van der Waals surface area (Å²) in [5, 5.41) is 7.20. The first-order valence-electron chi connectivity index (χ1n) is 9.76. The lowest BCUT2D eigenvalue weighted by Gasteiger charge is -2.17. The maximum absolute atomic E-state index is 12.9. The normalized spacial score (nSPS) is 11.5. The van der Waals surface area contributed by atoms with Gasteiger partial charge in [-0.25, -0.2) is 9.48 Å². The van der Waals surface area contributed by atoms with Gasteiger partial charge in [0.1, 0.15) is 6.04 Å². The predicted octanol–water partition coefficient (Wildman–Crippen LogP) is 3.68. The molecule has 3 rings (SSSR count). The lowest BCUT2D eigenvalue weighted by atomic mass is 10.1. The molecule has 30 heavy (non-hydrogen) atoms. The first-order valence-corrected chi connectivity index (χ1v) is 9.76. The average Bonchev–Trinajstić information content (AvgIpc) is 2.77. The van der Waals surface area contributed by atoms with Gasteiger partial charge in [0.2, 0.25) is 5.91 Å². The summed E-state index contributed by atoms with van der Waals surface area (Å²) in [6.07, 6.45) is 0.387. The standard InChI is InChI=1S/C23H23N3O4/c1-3-20(22(28)24-18-12-10-17(11-13-18)23(29)30-4-2)26-21(27)15-14-19(25-26)16-8-6-5-7-9-16/h5-15,20H,3-4H2,1-2H3,(H,24,28). The van der Waals surface area contributed by atoms with Crippen molar-refractivity contribution in [2.75, 3.05) is 11.9 Å². The van der Waals surface area contributed by atoms with Crippen molar-refractivity contribution in [1.82, 2.24) is 9.78 Å². The van der Waals surface area contributed by atoms with E-state index in [0.717, 1.165) is 5.56 Å². The highest BCUT2D eigenvalue weighted by Gasteiger charge is 2.21. The zero-order chi connectivity index (χ0) is 21.5. The molecule has 0 aliphatic carbocycles. The highest BCUT2D eigenvalue weighted by atomic mass is 16.5. The monoisotopic (exact) mass is 405 g/mol. The van der Waals surface area contributed by atoms with Crippen molar-refractivity contribution in [2.24, 2.45) is 0 Å². The summed E-state index contributed by atoms with van der Waals surface area (Å²) in [4.78, 5) is 37.0. The summed E-state index contributed by atoms with van der Waals surface area (Å²) in [6, 6.07) is 18.1. The lowest BCUT2D eigenvalue weighted by Crippen LogP contribution is -2.34. The largest absolute Gasteiger partial charge is 0.462 e. The maximum atomic E-state index is 12.9. The minimum atomic E-state index is -0.772. The Kier molecular flexibility index (Phi) is 6.75. The maximum Gasteiger partial charge on any atom is 0.338 e. The van der Waals surface area contributed by atoms with Crippen molar-refractivity contribution < 1.29 is 14.3 Å². The Bertz CT molecular complexity index is 1080. The quantitative estimate of drug-likeness (QED) is 0.606. The summed E-state index contributed by atoms with van der Waals surface area (Å²) in [5.74, 6) is -0.781. The number of carbonyl (C=O) groups is 2. The van der Waals surface area contributed by atoms with Crippen molar-refractivity contribution in [2.45, 2.75) is 26.3 Å². The Morgan fingerprint density at radius 3 is 2.33 bits per heavy atom. The molecule has 7 nitrogen and oxygen atoms in total. The summed E-state index contributed by atoms with van der Waals surface area (Å²) in [7, 11) is 0. The van der Waals surface area contributed by atoms with Crippen LogP contribution in [0.1, 0.15) is 36.7 Å². The number of benzene rings is 2. The van der Waals surface area contributed by atoms with Crippen LogP contribution in [-0.4, -0.2) is 28.3 Å². The van der Waals surface area contributed by atoms with Crippen LogP contribution in [0, 0.1) is 0 Å².